The third-order valence-electron chi connectivity index (χ3n) is 3.80. The Morgan fingerprint density at radius 2 is 2.53 bits per heavy atom. The summed E-state index contributed by atoms with van der Waals surface area (Å²) in [6, 6.07) is 2.18. The number of thiophene rings is 1. The van der Waals surface area contributed by atoms with Crippen LogP contribution < -0.4 is 5.32 Å². The largest absolute Gasteiger partial charge is 0.376 e. The molecule has 5 heteroatoms. The monoisotopic (exact) mass is 280 g/mol. The summed E-state index contributed by atoms with van der Waals surface area (Å²) in [5.41, 5.74) is 1.39. The molecule has 2 aliphatic heterocycles. The molecule has 3 heterocycles. The van der Waals surface area contributed by atoms with Crippen molar-refractivity contribution in [2.24, 2.45) is 0 Å². The van der Waals surface area contributed by atoms with Crippen LogP contribution in [0.25, 0.3) is 0 Å². The minimum absolute atomic E-state index is 0.120. The van der Waals surface area contributed by atoms with E-state index in [0.717, 1.165) is 39.0 Å². The van der Waals surface area contributed by atoms with Gasteiger partial charge in [0.25, 0.3) is 0 Å². The molecule has 1 amide bonds. The van der Waals surface area contributed by atoms with Crippen molar-refractivity contribution in [2.45, 2.75) is 31.9 Å². The lowest BCUT2D eigenvalue weighted by Gasteiger charge is -2.26. The van der Waals surface area contributed by atoms with E-state index in [1.165, 1.54) is 10.4 Å². The first-order valence-electron chi connectivity index (χ1n) is 6.97. The fourth-order valence-electron chi connectivity index (χ4n) is 2.73. The van der Waals surface area contributed by atoms with Crippen LogP contribution in [0.5, 0.6) is 0 Å². The predicted molar refractivity (Wildman–Crippen MR) is 75.3 cm³/mol. The molecule has 1 atom stereocenters. The van der Waals surface area contributed by atoms with Crippen molar-refractivity contribution in [3.8, 4) is 0 Å². The van der Waals surface area contributed by atoms with E-state index in [9.17, 15) is 4.79 Å². The lowest BCUT2D eigenvalue weighted by atomic mass is 10.1. The van der Waals surface area contributed by atoms with E-state index in [1.54, 1.807) is 0 Å². The highest BCUT2D eigenvalue weighted by Gasteiger charge is 2.20. The maximum Gasteiger partial charge on any atom is 0.234 e. The van der Waals surface area contributed by atoms with Gasteiger partial charge in [-0.2, -0.15) is 0 Å². The van der Waals surface area contributed by atoms with Gasteiger partial charge in [-0.3, -0.25) is 9.69 Å². The number of hydrogen-bond acceptors (Lipinski definition) is 4. The van der Waals surface area contributed by atoms with Crippen LogP contribution in [0.15, 0.2) is 11.4 Å². The molecule has 104 valence electrons. The molecule has 2 aliphatic rings. The van der Waals surface area contributed by atoms with E-state index in [1.807, 2.05) is 11.3 Å². The van der Waals surface area contributed by atoms with Gasteiger partial charge in [0.2, 0.25) is 5.91 Å². The zero-order chi connectivity index (χ0) is 13.1. The number of fused-ring (bicyclic) bond motifs is 1. The maximum atomic E-state index is 11.9. The third-order valence-corrected chi connectivity index (χ3v) is 4.83. The topological polar surface area (TPSA) is 41.6 Å². The van der Waals surface area contributed by atoms with E-state index in [2.05, 4.69) is 21.7 Å². The molecule has 0 unspecified atom stereocenters. The van der Waals surface area contributed by atoms with E-state index in [0.29, 0.717) is 13.1 Å². The average Bonchev–Trinajstić information content (AvgIpc) is 3.07. The Morgan fingerprint density at radius 3 is 3.37 bits per heavy atom. The molecule has 0 bridgehead atoms. The van der Waals surface area contributed by atoms with Crippen molar-refractivity contribution < 1.29 is 9.53 Å². The second-order valence-corrected chi connectivity index (χ2v) is 6.27. The van der Waals surface area contributed by atoms with Gasteiger partial charge in [0.05, 0.1) is 12.6 Å². The van der Waals surface area contributed by atoms with Crippen molar-refractivity contribution >= 4 is 17.2 Å². The van der Waals surface area contributed by atoms with Crippen LogP contribution in [0, 0.1) is 0 Å². The highest BCUT2D eigenvalue weighted by Crippen LogP contribution is 2.23. The van der Waals surface area contributed by atoms with Crippen LogP contribution in [0.3, 0.4) is 0 Å². The van der Waals surface area contributed by atoms with E-state index < -0.39 is 0 Å². The van der Waals surface area contributed by atoms with Gasteiger partial charge in [-0.25, -0.2) is 0 Å². The van der Waals surface area contributed by atoms with Gasteiger partial charge in [0.15, 0.2) is 0 Å². The summed E-state index contributed by atoms with van der Waals surface area (Å²) in [6.45, 7) is 3.90. The number of carbonyl (C=O) groups is 1. The molecular weight excluding hydrogens is 260 g/mol. The van der Waals surface area contributed by atoms with Gasteiger partial charge >= 0.3 is 0 Å². The Kier molecular flexibility index (Phi) is 4.15. The van der Waals surface area contributed by atoms with Gasteiger partial charge < -0.3 is 10.1 Å². The Labute approximate surface area is 117 Å². The predicted octanol–water partition coefficient (Wildman–Crippen LogP) is 1.40. The third kappa shape index (κ3) is 3.35. The van der Waals surface area contributed by atoms with E-state index in [-0.39, 0.29) is 12.0 Å². The molecule has 1 fully saturated rings. The summed E-state index contributed by atoms with van der Waals surface area (Å²) in [5.74, 6) is 0.120. The summed E-state index contributed by atoms with van der Waals surface area (Å²) < 4.78 is 5.50. The standard InChI is InChI=1S/C14H20N2O2S/c17-14(15-8-12-2-1-6-18-12)10-16-5-3-13-11(9-16)4-7-19-13/h4,7,12H,1-3,5-6,8-10H2,(H,15,17)/t12-/m1/s1. The second-order valence-electron chi connectivity index (χ2n) is 5.27. The van der Waals surface area contributed by atoms with Crippen molar-refractivity contribution in [3.05, 3.63) is 21.9 Å². The van der Waals surface area contributed by atoms with Crippen LogP contribution in [0.1, 0.15) is 23.3 Å². The summed E-state index contributed by atoms with van der Waals surface area (Å²) in [5, 5.41) is 5.13. The summed E-state index contributed by atoms with van der Waals surface area (Å²) in [4.78, 5) is 15.6. The molecule has 0 aromatic carbocycles. The molecule has 3 rings (SSSR count). The lowest BCUT2D eigenvalue weighted by Crippen LogP contribution is -2.41. The molecule has 1 saturated heterocycles. The van der Waals surface area contributed by atoms with Gasteiger partial charge in [-0.05, 0) is 36.3 Å². The first kappa shape index (κ1) is 13.1. The molecule has 0 radical (unpaired) electrons. The van der Waals surface area contributed by atoms with Crippen molar-refractivity contribution in [3.63, 3.8) is 0 Å². The molecule has 1 N–H and O–H groups in total. The van der Waals surface area contributed by atoms with Crippen molar-refractivity contribution in [1.82, 2.24) is 10.2 Å². The summed E-state index contributed by atoms with van der Waals surface area (Å²) in [7, 11) is 0. The minimum Gasteiger partial charge on any atom is -0.376 e. The fourth-order valence-corrected chi connectivity index (χ4v) is 3.62. The number of hydrogen-bond donors (Lipinski definition) is 1. The Hall–Kier alpha value is -0.910. The number of carbonyl (C=O) groups excluding carboxylic acids is 1. The Morgan fingerprint density at radius 1 is 1.58 bits per heavy atom. The molecular formula is C14H20N2O2S. The average molecular weight is 280 g/mol. The highest BCUT2D eigenvalue weighted by molar-refractivity contribution is 7.10. The molecule has 1 aromatic heterocycles. The van der Waals surface area contributed by atoms with Crippen LogP contribution in [0.2, 0.25) is 0 Å². The molecule has 4 nitrogen and oxygen atoms in total. The second kappa shape index (κ2) is 6.03. The summed E-state index contributed by atoms with van der Waals surface area (Å²) >= 11 is 1.83. The first-order valence-corrected chi connectivity index (χ1v) is 7.85. The fraction of sp³-hybridized carbons (Fsp3) is 0.643. The maximum absolute atomic E-state index is 11.9. The quantitative estimate of drug-likeness (QED) is 0.906. The van der Waals surface area contributed by atoms with Crippen LogP contribution in [0.4, 0.5) is 0 Å². The highest BCUT2D eigenvalue weighted by atomic mass is 32.1. The summed E-state index contributed by atoms with van der Waals surface area (Å²) in [6.07, 6.45) is 3.50. The Bertz CT molecular complexity index is 440. The number of rotatable bonds is 4. The van der Waals surface area contributed by atoms with Crippen LogP contribution in [-0.4, -0.2) is 43.2 Å². The number of amides is 1. The van der Waals surface area contributed by atoms with E-state index in [4.69, 9.17) is 4.74 Å². The van der Waals surface area contributed by atoms with Gasteiger partial charge in [-0.15, -0.1) is 11.3 Å². The van der Waals surface area contributed by atoms with Crippen LogP contribution >= 0.6 is 11.3 Å². The first-order chi connectivity index (χ1) is 9.31. The van der Waals surface area contributed by atoms with Gasteiger partial charge in [0, 0.05) is 31.1 Å². The number of nitrogens with zero attached hydrogens (tertiary/aromatic N) is 1. The SMILES string of the molecule is O=C(CN1CCc2sccc2C1)NC[C@H]1CCCO1. The molecule has 0 spiro atoms. The molecule has 1 aromatic rings. The number of ether oxygens (including phenoxy) is 1. The molecule has 19 heavy (non-hydrogen) atoms. The van der Waals surface area contributed by atoms with E-state index >= 15 is 0 Å². The molecule has 0 saturated carbocycles. The normalized spacial score (nSPS) is 23.3. The zero-order valence-corrected chi connectivity index (χ0v) is 11.9. The van der Waals surface area contributed by atoms with Gasteiger partial charge in [-0.1, -0.05) is 0 Å². The van der Waals surface area contributed by atoms with Gasteiger partial charge in [0.1, 0.15) is 0 Å². The smallest absolute Gasteiger partial charge is 0.234 e. The van der Waals surface area contributed by atoms with Crippen molar-refractivity contribution in [1.29, 1.82) is 0 Å². The van der Waals surface area contributed by atoms with Crippen molar-refractivity contribution in [2.75, 3.05) is 26.2 Å². The van der Waals surface area contributed by atoms with Crippen LogP contribution in [-0.2, 0) is 22.5 Å². The number of nitrogens with one attached hydrogen (secondary N) is 1. The zero-order valence-electron chi connectivity index (χ0n) is 11.1. The lowest BCUT2D eigenvalue weighted by molar-refractivity contribution is -0.122. The Balaban J connectivity index is 1.42. The molecule has 0 aliphatic carbocycles. The minimum atomic E-state index is 0.120.